The first kappa shape index (κ1) is 22.3. The number of amides is 2. The van der Waals surface area contributed by atoms with Crippen LogP contribution in [0.2, 0.25) is 0 Å². The van der Waals surface area contributed by atoms with E-state index in [-0.39, 0.29) is 23.9 Å². The minimum Gasteiger partial charge on any atom is -0.497 e. The average Bonchev–Trinajstić information content (AvgIpc) is 2.83. The number of carbonyl (C=O) groups is 2. The molecule has 3 aromatic rings. The van der Waals surface area contributed by atoms with E-state index in [1.54, 1.807) is 20.1 Å². The maximum Gasteiger partial charge on any atom is 0.251 e. The number of fused-ring (bicyclic) bond motifs is 1. The molecule has 168 valence electrons. The van der Waals surface area contributed by atoms with Gasteiger partial charge in [-0.3, -0.25) is 9.59 Å². The van der Waals surface area contributed by atoms with Crippen molar-refractivity contribution in [3.63, 3.8) is 0 Å². The van der Waals surface area contributed by atoms with Gasteiger partial charge in [0.1, 0.15) is 5.75 Å². The first-order valence-corrected chi connectivity index (χ1v) is 11.1. The maximum atomic E-state index is 13.6. The number of methoxy groups -OCH3 is 1. The molecule has 1 aliphatic rings. The molecule has 0 saturated carbocycles. The van der Waals surface area contributed by atoms with Crippen molar-refractivity contribution in [2.45, 2.75) is 32.4 Å². The van der Waals surface area contributed by atoms with Crippen molar-refractivity contribution in [3.8, 4) is 5.75 Å². The third-order valence-corrected chi connectivity index (χ3v) is 6.02. The van der Waals surface area contributed by atoms with Gasteiger partial charge in [-0.15, -0.1) is 0 Å². The molecule has 0 N–H and O–H groups in total. The number of anilines is 2. The predicted molar refractivity (Wildman–Crippen MR) is 132 cm³/mol. The van der Waals surface area contributed by atoms with Gasteiger partial charge in [0.05, 0.1) is 13.2 Å². The number of ether oxygens (including phenoxy) is 1. The Morgan fingerprint density at radius 2 is 1.64 bits per heavy atom. The first-order chi connectivity index (χ1) is 16.0. The van der Waals surface area contributed by atoms with Crippen LogP contribution < -0.4 is 14.5 Å². The van der Waals surface area contributed by atoms with Crippen LogP contribution in [0.5, 0.6) is 5.75 Å². The topological polar surface area (TPSA) is 49.9 Å². The number of rotatable bonds is 5. The van der Waals surface area contributed by atoms with Crippen molar-refractivity contribution in [3.05, 3.63) is 96.1 Å². The summed E-state index contributed by atoms with van der Waals surface area (Å²) in [4.78, 5) is 29.7. The second kappa shape index (κ2) is 9.74. The van der Waals surface area contributed by atoms with Crippen LogP contribution in [0.25, 0.3) is 6.08 Å². The van der Waals surface area contributed by atoms with Crippen LogP contribution in [0.1, 0.15) is 37.4 Å². The van der Waals surface area contributed by atoms with Gasteiger partial charge in [-0.05, 0) is 60.9 Å². The highest BCUT2D eigenvalue weighted by atomic mass is 16.5. The van der Waals surface area contributed by atoms with Gasteiger partial charge in [-0.2, -0.15) is 0 Å². The van der Waals surface area contributed by atoms with E-state index in [4.69, 9.17) is 4.74 Å². The molecule has 0 aromatic heterocycles. The Labute approximate surface area is 194 Å². The van der Waals surface area contributed by atoms with Gasteiger partial charge in [-0.1, -0.05) is 48.5 Å². The van der Waals surface area contributed by atoms with Crippen LogP contribution in [0.15, 0.2) is 84.9 Å². The lowest BCUT2D eigenvalue weighted by atomic mass is 9.90. The van der Waals surface area contributed by atoms with Crippen molar-refractivity contribution < 1.29 is 14.3 Å². The highest BCUT2D eigenvalue weighted by Gasteiger charge is 2.37. The van der Waals surface area contributed by atoms with Gasteiger partial charge in [0.15, 0.2) is 0 Å². The van der Waals surface area contributed by atoms with E-state index in [0.717, 1.165) is 28.3 Å². The minimum absolute atomic E-state index is 0.00499. The summed E-state index contributed by atoms with van der Waals surface area (Å²) in [6.07, 6.45) is 4.07. The molecule has 0 bridgehead atoms. The van der Waals surface area contributed by atoms with E-state index in [1.807, 2.05) is 102 Å². The lowest BCUT2D eigenvalue weighted by Gasteiger charge is -2.43. The summed E-state index contributed by atoms with van der Waals surface area (Å²) in [5, 5.41) is 0. The van der Waals surface area contributed by atoms with Gasteiger partial charge in [0.2, 0.25) is 5.91 Å². The Kier molecular flexibility index (Phi) is 6.59. The summed E-state index contributed by atoms with van der Waals surface area (Å²) in [7, 11) is 1.63. The maximum absolute atomic E-state index is 13.6. The molecule has 5 heteroatoms. The molecule has 0 radical (unpaired) electrons. The lowest BCUT2D eigenvalue weighted by Crippen LogP contribution is -2.46. The van der Waals surface area contributed by atoms with Crippen molar-refractivity contribution in [1.82, 2.24) is 0 Å². The monoisotopic (exact) mass is 440 g/mol. The summed E-state index contributed by atoms with van der Waals surface area (Å²) >= 11 is 0. The third-order valence-electron chi connectivity index (χ3n) is 6.02. The fraction of sp³-hybridized carbons (Fsp3) is 0.214. The highest BCUT2D eigenvalue weighted by molar-refractivity contribution is 6.05. The number of para-hydroxylation sites is 2. The van der Waals surface area contributed by atoms with E-state index in [9.17, 15) is 9.59 Å². The fourth-order valence-corrected chi connectivity index (χ4v) is 4.52. The Morgan fingerprint density at radius 3 is 2.30 bits per heavy atom. The van der Waals surface area contributed by atoms with E-state index in [1.165, 1.54) is 0 Å². The Bertz CT molecular complexity index is 1160. The SMILES string of the molecule is COc1ccc(/C=C/C(=O)N(c2ccccc2)[C@@H]2C[C@H](C)N(C(C)=O)c3ccccc32)cc1. The predicted octanol–water partition coefficient (Wildman–Crippen LogP) is 5.63. The van der Waals surface area contributed by atoms with Crippen molar-refractivity contribution in [1.29, 1.82) is 0 Å². The zero-order valence-corrected chi connectivity index (χ0v) is 19.1. The van der Waals surface area contributed by atoms with Crippen LogP contribution in [0, 0.1) is 0 Å². The van der Waals surface area contributed by atoms with E-state index in [0.29, 0.717) is 6.42 Å². The van der Waals surface area contributed by atoms with Crippen molar-refractivity contribution in [2.24, 2.45) is 0 Å². The molecule has 33 heavy (non-hydrogen) atoms. The number of benzene rings is 3. The van der Waals surface area contributed by atoms with Crippen LogP contribution in [0.4, 0.5) is 11.4 Å². The minimum atomic E-state index is -0.192. The molecule has 1 heterocycles. The Morgan fingerprint density at radius 1 is 0.970 bits per heavy atom. The lowest BCUT2D eigenvalue weighted by molar-refractivity contribution is -0.117. The Balaban J connectivity index is 1.73. The highest BCUT2D eigenvalue weighted by Crippen LogP contribution is 2.42. The largest absolute Gasteiger partial charge is 0.497 e. The summed E-state index contributed by atoms with van der Waals surface area (Å²) in [6.45, 7) is 3.62. The molecule has 5 nitrogen and oxygen atoms in total. The quantitative estimate of drug-likeness (QED) is 0.483. The van der Waals surface area contributed by atoms with E-state index >= 15 is 0 Å². The molecule has 1 aliphatic heterocycles. The molecule has 0 unspecified atom stereocenters. The molecule has 3 aromatic carbocycles. The normalized spacial score (nSPS) is 17.5. The second-order valence-corrected chi connectivity index (χ2v) is 8.20. The number of hydrogen-bond donors (Lipinski definition) is 0. The molecule has 0 spiro atoms. The van der Waals surface area contributed by atoms with E-state index in [2.05, 4.69) is 0 Å². The molecule has 0 saturated heterocycles. The molecular weight excluding hydrogens is 412 g/mol. The van der Waals surface area contributed by atoms with Gasteiger partial charge in [-0.25, -0.2) is 0 Å². The standard InChI is InChI=1S/C28H28N2O3/c1-20-19-27(25-11-7-8-12-26(25)29(20)21(2)31)30(23-9-5-4-6-10-23)28(32)18-15-22-13-16-24(33-3)17-14-22/h4-18,20,27H,19H2,1-3H3/b18-15+/t20-,27+/m0/s1. The van der Waals surface area contributed by atoms with Gasteiger partial charge in [0.25, 0.3) is 5.91 Å². The molecule has 2 amide bonds. The number of nitrogens with zero attached hydrogens (tertiary/aromatic N) is 2. The molecule has 2 atom stereocenters. The molecule has 0 aliphatic carbocycles. The summed E-state index contributed by atoms with van der Waals surface area (Å²) in [6, 6.07) is 24.9. The third kappa shape index (κ3) is 4.67. The van der Waals surface area contributed by atoms with Crippen molar-refractivity contribution in [2.75, 3.05) is 16.9 Å². The Hall–Kier alpha value is -3.86. The molecule has 0 fully saturated rings. The average molecular weight is 441 g/mol. The zero-order chi connectivity index (χ0) is 23.4. The van der Waals surface area contributed by atoms with Crippen LogP contribution >= 0.6 is 0 Å². The number of hydrogen-bond acceptors (Lipinski definition) is 3. The van der Waals surface area contributed by atoms with Gasteiger partial charge in [0, 0.05) is 30.4 Å². The van der Waals surface area contributed by atoms with Crippen LogP contribution in [0.3, 0.4) is 0 Å². The van der Waals surface area contributed by atoms with Gasteiger partial charge >= 0.3 is 0 Å². The first-order valence-electron chi connectivity index (χ1n) is 11.1. The van der Waals surface area contributed by atoms with E-state index < -0.39 is 0 Å². The van der Waals surface area contributed by atoms with Crippen LogP contribution in [-0.4, -0.2) is 25.0 Å². The van der Waals surface area contributed by atoms with Gasteiger partial charge < -0.3 is 14.5 Å². The smallest absolute Gasteiger partial charge is 0.251 e. The summed E-state index contributed by atoms with van der Waals surface area (Å²) in [5.74, 6) is 0.665. The number of carbonyl (C=O) groups excluding carboxylic acids is 2. The summed E-state index contributed by atoms with van der Waals surface area (Å²) in [5.41, 5.74) is 3.57. The zero-order valence-electron chi connectivity index (χ0n) is 19.1. The molecule has 4 rings (SSSR count). The van der Waals surface area contributed by atoms with Crippen LogP contribution in [-0.2, 0) is 9.59 Å². The summed E-state index contributed by atoms with van der Waals surface area (Å²) < 4.78 is 5.21. The molecular formula is C28H28N2O3. The van der Waals surface area contributed by atoms with Crippen molar-refractivity contribution >= 4 is 29.3 Å². The second-order valence-electron chi connectivity index (χ2n) is 8.20. The fourth-order valence-electron chi connectivity index (χ4n) is 4.52.